The summed E-state index contributed by atoms with van der Waals surface area (Å²) in [6, 6.07) is 0.0830. The number of carboxylic acids is 3. The number of carbonyl (C=O) groups is 8. The standard InChI is InChI=1S/C45H68N10O11/c1-33(54-21-19-51(23-24-56)15-16-52(31-42(61)62)17-18-53(20-22-54)32-43(63)64)44(65)49-29-39(57)48-11-3-2-5-35-25-37(28-47-27-35)38(26-41(59)60)50-45(66)36-6-4-14-55(30-36)40(58)8-7-34-9-12-46-13-10-34/h24-25,27-28,33-34,36,38,46H,3-4,6-23,26,29-32H2,1H3,(H,48,57)(H,49,65)(H,50,66)(H,59,60)(H,61,62)(H,63,64)/t33?,36-,38+/m1/s1. The SMILES string of the molecule is CC(C(=O)NCC(=O)NCCC#Cc1cncc([C@H](CC(=O)O)NC(=O)[C@@H]2CCCN(C(=O)CCC3CCNCC3)C2)c1)N1CCN(CC=O)CCN(CC(=O)O)CCN(CC(=O)O)CC1. The van der Waals surface area contributed by atoms with E-state index in [1.54, 1.807) is 27.7 Å². The van der Waals surface area contributed by atoms with Crippen LogP contribution in [0.5, 0.6) is 0 Å². The first-order valence-electron chi connectivity index (χ1n) is 23.0. The number of aromatic nitrogens is 1. The molecule has 66 heavy (non-hydrogen) atoms. The molecular formula is C45H68N10O11. The quantitative estimate of drug-likeness (QED) is 0.0454. The van der Waals surface area contributed by atoms with Gasteiger partial charge in [-0.15, -0.1) is 0 Å². The lowest BCUT2D eigenvalue weighted by Gasteiger charge is -2.35. The summed E-state index contributed by atoms with van der Waals surface area (Å²) in [5.74, 6) is 1.71. The number of amides is 4. The number of piperidine rings is 2. The van der Waals surface area contributed by atoms with Crippen molar-refractivity contribution in [2.24, 2.45) is 11.8 Å². The van der Waals surface area contributed by atoms with Crippen LogP contribution in [0.4, 0.5) is 0 Å². The van der Waals surface area contributed by atoms with E-state index in [2.05, 4.69) is 38.1 Å². The summed E-state index contributed by atoms with van der Waals surface area (Å²) in [6.45, 7) is 6.65. The monoisotopic (exact) mass is 925 g/mol. The molecule has 21 heteroatoms. The van der Waals surface area contributed by atoms with E-state index >= 15 is 0 Å². The Morgan fingerprint density at radius 1 is 0.848 bits per heavy atom. The van der Waals surface area contributed by atoms with Crippen LogP contribution in [0.15, 0.2) is 18.5 Å². The van der Waals surface area contributed by atoms with E-state index in [1.807, 2.05) is 9.80 Å². The molecule has 0 aromatic carbocycles. The Bertz CT molecular complexity index is 1870. The topological polar surface area (TPSA) is 274 Å². The van der Waals surface area contributed by atoms with E-state index in [4.69, 9.17) is 0 Å². The van der Waals surface area contributed by atoms with Gasteiger partial charge in [-0.25, -0.2) is 0 Å². The lowest BCUT2D eigenvalue weighted by molar-refractivity contribution is -0.140. The van der Waals surface area contributed by atoms with Crippen LogP contribution in [0, 0.1) is 23.7 Å². The van der Waals surface area contributed by atoms with Gasteiger partial charge in [0.1, 0.15) is 6.29 Å². The lowest BCUT2D eigenvalue weighted by Crippen LogP contribution is -2.53. The van der Waals surface area contributed by atoms with Crippen LogP contribution >= 0.6 is 0 Å². The largest absolute Gasteiger partial charge is 0.481 e. The molecule has 3 aliphatic rings. The molecule has 0 aliphatic carbocycles. The van der Waals surface area contributed by atoms with E-state index in [0.29, 0.717) is 88.7 Å². The van der Waals surface area contributed by atoms with Crippen LogP contribution in [0.2, 0.25) is 0 Å². The third-order valence-electron chi connectivity index (χ3n) is 12.3. The molecule has 21 nitrogen and oxygen atoms in total. The molecule has 1 aromatic rings. The molecule has 3 fully saturated rings. The van der Waals surface area contributed by atoms with Crippen molar-refractivity contribution < 1.29 is 53.7 Å². The van der Waals surface area contributed by atoms with Crippen molar-refractivity contribution in [2.45, 2.75) is 70.4 Å². The first-order chi connectivity index (χ1) is 31.7. The molecular weight excluding hydrogens is 857 g/mol. The van der Waals surface area contributed by atoms with Gasteiger partial charge >= 0.3 is 17.9 Å². The number of nitrogens with zero attached hydrogens (tertiary/aromatic N) is 6. The second kappa shape index (κ2) is 28.5. The summed E-state index contributed by atoms with van der Waals surface area (Å²) >= 11 is 0. The third kappa shape index (κ3) is 19.5. The van der Waals surface area contributed by atoms with Crippen LogP contribution in [0.1, 0.15) is 75.5 Å². The molecule has 4 amide bonds. The number of hydrogen-bond acceptors (Lipinski definition) is 14. The zero-order valence-corrected chi connectivity index (χ0v) is 38.1. The molecule has 7 N–H and O–H groups in total. The molecule has 364 valence electrons. The summed E-state index contributed by atoms with van der Waals surface area (Å²) in [5, 5.41) is 40.2. The highest BCUT2D eigenvalue weighted by molar-refractivity contribution is 5.87. The van der Waals surface area contributed by atoms with E-state index in [1.165, 1.54) is 12.4 Å². The fourth-order valence-electron chi connectivity index (χ4n) is 8.41. The second-order valence-corrected chi connectivity index (χ2v) is 17.2. The maximum Gasteiger partial charge on any atom is 0.317 e. The molecule has 4 heterocycles. The van der Waals surface area contributed by atoms with Gasteiger partial charge in [-0.1, -0.05) is 11.8 Å². The minimum absolute atomic E-state index is 0.0493. The minimum atomic E-state index is -1.11. The van der Waals surface area contributed by atoms with Crippen molar-refractivity contribution in [3.05, 3.63) is 29.6 Å². The first kappa shape index (κ1) is 53.1. The molecule has 3 atom stereocenters. The summed E-state index contributed by atoms with van der Waals surface area (Å²) in [5.41, 5.74) is 0.949. The van der Waals surface area contributed by atoms with E-state index in [9.17, 15) is 53.7 Å². The number of aldehydes is 1. The van der Waals surface area contributed by atoms with Crippen molar-refractivity contribution in [1.82, 2.24) is 50.8 Å². The van der Waals surface area contributed by atoms with Crippen molar-refractivity contribution >= 4 is 47.8 Å². The predicted octanol–water partition coefficient (Wildman–Crippen LogP) is -1.32. The Kier molecular flexibility index (Phi) is 22.9. The van der Waals surface area contributed by atoms with Gasteiger partial charge in [0.05, 0.1) is 50.6 Å². The summed E-state index contributed by atoms with van der Waals surface area (Å²) < 4.78 is 0. The van der Waals surface area contributed by atoms with Crippen LogP contribution in [-0.4, -0.2) is 210 Å². The van der Waals surface area contributed by atoms with E-state index in [-0.39, 0.29) is 70.5 Å². The van der Waals surface area contributed by atoms with Gasteiger partial charge in [0, 0.05) is 103 Å². The molecule has 0 spiro atoms. The highest BCUT2D eigenvalue weighted by Gasteiger charge is 2.31. The predicted molar refractivity (Wildman–Crippen MR) is 241 cm³/mol. The Morgan fingerprint density at radius 3 is 2.15 bits per heavy atom. The first-order valence-corrected chi connectivity index (χ1v) is 23.0. The molecule has 4 rings (SSSR count). The molecule has 0 saturated carbocycles. The maximum absolute atomic E-state index is 13.5. The Balaban J connectivity index is 1.25. The summed E-state index contributed by atoms with van der Waals surface area (Å²) in [6.07, 6.45) is 8.32. The average Bonchev–Trinajstić information content (AvgIpc) is 3.29. The highest BCUT2D eigenvalue weighted by atomic mass is 16.4. The minimum Gasteiger partial charge on any atom is -0.481 e. The summed E-state index contributed by atoms with van der Waals surface area (Å²) in [4.78, 5) is 112. The van der Waals surface area contributed by atoms with Gasteiger partial charge in [-0.3, -0.25) is 58.1 Å². The molecule has 0 bridgehead atoms. The fourth-order valence-corrected chi connectivity index (χ4v) is 8.41. The number of hydrogen-bond donors (Lipinski definition) is 7. The van der Waals surface area contributed by atoms with Crippen LogP contribution in [0.3, 0.4) is 0 Å². The molecule has 1 unspecified atom stereocenters. The number of carbonyl (C=O) groups excluding carboxylic acids is 5. The van der Waals surface area contributed by atoms with Crippen LogP contribution in [0.25, 0.3) is 0 Å². The molecule has 3 saturated heterocycles. The molecule has 0 radical (unpaired) electrons. The van der Waals surface area contributed by atoms with E-state index in [0.717, 1.165) is 38.6 Å². The number of likely N-dealkylation sites (tertiary alicyclic amines) is 1. The fraction of sp³-hybridized carbons (Fsp3) is 0.667. The summed E-state index contributed by atoms with van der Waals surface area (Å²) in [7, 11) is 0. The van der Waals surface area contributed by atoms with Gasteiger partial charge < -0.3 is 46.3 Å². The van der Waals surface area contributed by atoms with Crippen molar-refractivity contribution in [3.8, 4) is 11.8 Å². The van der Waals surface area contributed by atoms with Crippen molar-refractivity contribution in [3.63, 3.8) is 0 Å². The van der Waals surface area contributed by atoms with Crippen molar-refractivity contribution in [2.75, 3.05) is 111 Å². The van der Waals surface area contributed by atoms with Crippen LogP contribution < -0.4 is 21.3 Å². The zero-order chi connectivity index (χ0) is 47.8. The Hall–Kier alpha value is -5.53. The second-order valence-electron chi connectivity index (χ2n) is 17.2. The number of aliphatic carboxylic acids is 3. The molecule has 1 aromatic heterocycles. The number of pyridine rings is 1. The maximum atomic E-state index is 13.5. The van der Waals surface area contributed by atoms with Crippen LogP contribution in [-0.2, 0) is 38.4 Å². The number of carboxylic acid groups (broad SMARTS) is 3. The number of nitrogens with one attached hydrogen (secondary N) is 4. The third-order valence-corrected chi connectivity index (χ3v) is 12.3. The highest BCUT2D eigenvalue weighted by Crippen LogP contribution is 2.24. The van der Waals surface area contributed by atoms with Gasteiger partial charge in [-0.05, 0) is 69.7 Å². The number of rotatable bonds is 20. The Morgan fingerprint density at radius 2 is 1.50 bits per heavy atom. The Labute approximate surface area is 386 Å². The smallest absolute Gasteiger partial charge is 0.317 e. The van der Waals surface area contributed by atoms with E-state index < -0.39 is 47.7 Å². The van der Waals surface area contributed by atoms with Gasteiger partial charge in [0.2, 0.25) is 23.6 Å². The van der Waals surface area contributed by atoms with Gasteiger partial charge in [0.25, 0.3) is 0 Å². The molecule has 3 aliphatic heterocycles. The van der Waals surface area contributed by atoms with Gasteiger partial charge in [-0.2, -0.15) is 0 Å². The average molecular weight is 925 g/mol. The van der Waals surface area contributed by atoms with Crippen molar-refractivity contribution in [1.29, 1.82) is 0 Å². The zero-order valence-electron chi connectivity index (χ0n) is 38.1. The van der Waals surface area contributed by atoms with Gasteiger partial charge in [0.15, 0.2) is 0 Å². The normalized spacial score (nSPS) is 19.7. The lowest BCUT2D eigenvalue weighted by atomic mass is 9.92.